The zero-order valence-corrected chi connectivity index (χ0v) is 11.9. The van der Waals surface area contributed by atoms with Gasteiger partial charge in [-0.3, -0.25) is 9.78 Å². The van der Waals surface area contributed by atoms with E-state index in [1.807, 2.05) is 13.0 Å². The van der Waals surface area contributed by atoms with Gasteiger partial charge in [0.05, 0.1) is 12.1 Å². The van der Waals surface area contributed by atoms with Crippen LogP contribution in [0, 0.1) is 0 Å². The van der Waals surface area contributed by atoms with E-state index in [4.69, 9.17) is 0 Å². The molecule has 1 fully saturated rings. The number of nitrogens with one attached hydrogen (secondary N) is 2. The molecule has 1 heterocycles. The molecule has 0 aromatic carbocycles. The maximum Gasteiger partial charge on any atom is 0.269 e. The van der Waals surface area contributed by atoms with Gasteiger partial charge in [0, 0.05) is 18.4 Å². The molecule has 0 aliphatic heterocycles. The van der Waals surface area contributed by atoms with Crippen molar-refractivity contribution in [3.8, 4) is 0 Å². The average molecular weight is 277 g/mol. The predicted octanol–water partition coefficient (Wildman–Crippen LogP) is 1.94. The molecule has 1 saturated carbocycles. The Balaban J connectivity index is 2.05. The molecule has 0 saturated heterocycles. The number of hydrogen-bond acceptors (Lipinski definition) is 4. The molecule has 5 heteroatoms. The van der Waals surface area contributed by atoms with E-state index in [9.17, 15) is 9.90 Å². The van der Waals surface area contributed by atoms with Gasteiger partial charge in [-0.1, -0.05) is 19.3 Å². The van der Waals surface area contributed by atoms with Gasteiger partial charge < -0.3 is 15.7 Å². The number of carbonyl (C=O) groups excluding carboxylic acids is 1. The maximum atomic E-state index is 11.8. The van der Waals surface area contributed by atoms with E-state index < -0.39 is 0 Å². The summed E-state index contributed by atoms with van der Waals surface area (Å²) in [5, 5.41) is 16.2. The summed E-state index contributed by atoms with van der Waals surface area (Å²) in [7, 11) is 0. The van der Waals surface area contributed by atoms with Crippen LogP contribution in [0.5, 0.6) is 0 Å². The Bertz CT molecular complexity index is 450. The van der Waals surface area contributed by atoms with Crippen LogP contribution in [0.3, 0.4) is 0 Å². The summed E-state index contributed by atoms with van der Waals surface area (Å²) in [6.45, 7) is 2.46. The molecule has 0 radical (unpaired) electrons. The Labute approximate surface area is 119 Å². The summed E-state index contributed by atoms with van der Waals surface area (Å²) in [6.07, 6.45) is 6.49. The van der Waals surface area contributed by atoms with Gasteiger partial charge in [0.2, 0.25) is 0 Å². The fourth-order valence-corrected chi connectivity index (χ4v) is 2.57. The van der Waals surface area contributed by atoms with Crippen molar-refractivity contribution in [1.29, 1.82) is 0 Å². The van der Waals surface area contributed by atoms with Gasteiger partial charge in [0.25, 0.3) is 5.91 Å². The monoisotopic (exact) mass is 277 g/mol. The molecule has 1 amide bonds. The third-order valence-electron chi connectivity index (χ3n) is 3.66. The Morgan fingerprint density at radius 3 is 3.00 bits per heavy atom. The topological polar surface area (TPSA) is 74.2 Å². The zero-order chi connectivity index (χ0) is 14.4. The first-order valence-corrected chi connectivity index (χ1v) is 7.39. The fourth-order valence-electron chi connectivity index (χ4n) is 2.57. The van der Waals surface area contributed by atoms with Crippen molar-refractivity contribution >= 4 is 11.6 Å². The number of anilines is 1. The highest BCUT2D eigenvalue weighted by molar-refractivity contribution is 5.93. The molecule has 2 unspecified atom stereocenters. The molecular weight excluding hydrogens is 254 g/mol. The lowest BCUT2D eigenvalue weighted by atomic mass is 10.1. The van der Waals surface area contributed by atoms with Crippen molar-refractivity contribution in [3.63, 3.8) is 0 Å². The second-order valence-electron chi connectivity index (χ2n) is 5.25. The van der Waals surface area contributed by atoms with Gasteiger partial charge in [-0.25, -0.2) is 0 Å². The average Bonchev–Trinajstić information content (AvgIpc) is 2.65. The Kier molecular flexibility index (Phi) is 5.35. The number of aromatic nitrogens is 1. The largest absolute Gasteiger partial charge is 0.391 e. The minimum absolute atomic E-state index is 0.0574. The second-order valence-corrected chi connectivity index (χ2v) is 5.25. The number of rotatable bonds is 4. The Morgan fingerprint density at radius 1 is 1.40 bits per heavy atom. The van der Waals surface area contributed by atoms with Crippen molar-refractivity contribution in [2.45, 2.75) is 51.2 Å². The van der Waals surface area contributed by atoms with Crippen LogP contribution >= 0.6 is 0 Å². The number of amides is 1. The molecule has 5 nitrogen and oxygen atoms in total. The first kappa shape index (κ1) is 14.8. The molecule has 1 aliphatic rings. The first-order valence-electron chi connectivity index (χ1n) is 7.39. The second kappa shape index (κ2) is 7.24. The van der Waals surface area contributed by atoms with Gasteiger partial charge in [-0.05, 0) is 31.9 Å². The van der Waals surface area contributed by atoms with Crippen molar-refractivity contribution in [2.24, 2.45) is 0 Å². The highest BCUT2D eigenvalue weighted by atomic mass is 16.3. The SMILES string of the molecule is CCNC(=O)c1cc(NC2CCCCCC2O)ccn1. The minimum atomic E-state index is -0.321. The number of carbonyl (C=O) groups is 1. The molecule has 0 spiro atoms. The van der Waals surface area contributed by atoms with Gasteiger partial charge in [-0.15, -0.1) is 0 Å². The standard InChI is InChI=1S/C15H23N3O2/c1-2-16-15(20)13-10-11(8-9-17-13)18-12-6-4-3-5-7-14(12)19/h8-10,12,14,19H,2-7H2,1H3,(H,16,20)(H,17,18). The van der Waals surface area contributed by atoms with E-state index in [0.717, 1.165) is 31.4 Å². The van der Waals surface area contributed by atoms with Crippen LogP contribution in [0.1, 0.15) is 49.5 Å². The highest BCUT2D eigenvalue weighted by Crippen LogP contribution is 2.21. The molecule has 20 heavy (non-hydrogen) atoms. The predicted molar refractivity (Wildman–Crippen MR) is 78.7 cm³/mol. The number of aliphatic hydroxyl groups is 1. The van der Waals surface area contributed by atoms with Gasteiger partial charge in [0.1, 0.15) is 5.69 Å². The number of nitrogens with zero attached hydrogens (tertiary/aromatic N) is 1. The van der Waals surface area contributed by atoms with Crippen molar-refractivity contribution in [2.75, 3.05) is 11.9 Å². The Hall–Kier alpha value is -1.62. The van der Waals surface area contributed by atoms with Gasteiger partial charge >= 0.3 is 0 Å². The number of pyridine rings is 1. The van der Waals surface area contributed by atoms with Gasteiger partial charge in [-0.2, -0.15) is 0 Å². The van der Waals surface area contributed by atoms with Crippen molar-refractivity contribution < 1.29 is 9.90 Å². The summed E-state index contributed by atoms with van der Waals surface area (Å²) in [4.78, 5) is 15.8. The van der Waals surface area contributed by atoms with Crippen molar-refractivity contribution in [1.82, 2.24) is 10.3 Å². The van der Waals surface area contributed by atoms with Crippen LogP contribution < -0.4 is 10.6 Å². The molecule has 1 aliphatic carbocycles. The number of aliphatic hydroxyl groups excluding tert-OH is 1. The van der Waals surface area contributed by atoms with E-state index >= 15 is 0 Å². The van der Waals surface area contributed by atoms with Crippen LogP contribution in [0.4, 0.5) is 5.69 Å². The lowest BCUT2D eigenvalue weighted by Gasteiger charge is -2.23. The summed E-state index contributed by atoms with van der Waals surface area (Å²) in [5.41, 5.74) is 1.24. The van der Waals surface area contributed by atoms with Crippen LogP contribution in [-0.2, 0) is 0 Å². The quantitative estimate of drug-likeness (QED) is 0.735. The van der Waals surface area contributed by atoms with E-state index in [0.29, 0.717) is 12.2 Å². The summed E-state index contributed by atoms with van der Waals surface area (Å²) in [5.74, 6) is -0.169. The van der Waals surface area contributed by atoms with E-state index in [-0.39, 0.29) is 18.1 Å². The van der Waals surface area contributed by atoms with E-state index in [1.54, 1.807) is 12.3 Å². The summed E-state index contributed by atoms with van der Waals surface area (Å²) in [6, 6.07) is 3.63. The van der Waals surface area contributed by atoms with Crippen LogP contribution in [0.15, 0.2) is 18.3 Å². The lowest BCUT2D eigenvalue weighted by Crippen LogP contribution is -2.32. The Morgan fingerprint density at radius 2 is 2.20 bits per heavy atom. The van der Waals surface area contributed by atoms with Crippen LogP contribution in [0.2, 0.25) is 0 Å². The third-order valence-corrected chi connectivity index (χ3v) is 3.66. The van der Waals surface area contributed by atoms with Crippen molar-refractivity contribution in [3.05, 3.63) is 24.0 Å². The van der Waals surface area contributed by atoms with Gasteiger partial charge in [0.15, 0.2) is 0 Å². The van der Waals surface area contributed by atoms with E-state index in [2.05, 4.69) is 15.6 Å². The summed E-state index contributed by atoms with van der Waals surface area (Å²) < 4.78 is 0. The normalized spacial score (nSPS) is 22.9. The summed E-state index contributed by atoms with van der Waals surface area (Å²) >= 11 is 0. The minimum Gasteiger partial charge on any atom is -0.391 e. The van der Waals surface area contributed by atoms with Crippen LogP contribution in [-0.4, -0.2) is 34.7 Å². The van der Waals surface area contributed by atoms with E-state index in [1.165, 1.54) is 6.42 Å². The molecule has 0 bridgehead atoms. The van der Waals surface area contributed by atoms with Crippen LogP contribution in [0.25, 0.3) is 0 Å². The zero-order valence-electron chi connectivity index (χ0n) is 11.9. The molecule has 3 N–H and O–H groups in total. The molecule has 2 atom stereocenters. The fraction of sp³-hybridized carbons (Fsp3) is 0.600. The molecule has 1 aromatic heterocycles. The molecule has 2 rings (SSSR count). The highest BCUT2D eigenvalue weighted by Gasteiger charge is 2.21. The molecular formula is C15H23N3O2. The molecule has 1 aromatic rings. The maximum absolute atomic E-state index is 11.8. The number of hydrogen-bond donors (Lipinski definition) is 3. The lowest BCUT2D eigenvalue weighted by molar-refractivity contribution is 0.0951. The first-order chi connectivity index (χ1) is 9.70. The third kappa shape index (κ3) is 3.93. The smallest absolute Gasteiger partial charge is 0.269 e. The molecule has 110 valence electrons.